The highest BCUT2D eigenvalue weighted by atomic mass is 16.3. The molecule has 5 heteroatoms. The second kappa shape index (κ2) is 8.26. The fraction of sp³-hybridized carbons (Fsp3) is 0.429. The van der Waals surface area contributed by atoms with Crippen LogP contribution in [0.5, 0.6) is 0 Å². The molecule has 0 aromatic heterocycles. The van der Waals surface area contributed by atoms with Gasteiger partial charge in [0.2, 0.25) is 5.91 Å². The van der Waals surface area contributed by atoms with Crippen LogP contribution in [-0.2, 0) is 4.79 Å². The second-order valence-corrected chi connectivity index (χ2v) is 4.36. The van der Waals surface area contributed by atoms with E-state index in [4.69, 9.17) is 5.11 Å². The van der Waals surface area contributed by atoms with Crippen LogP contribution in [0.1, 0.15) is 30.1 Å². The summed E-state index contributed by atoms with van der Waals surface area (Å²) >= 11 is 0. The molecule has 0 aliphatic carbocycles. The van der Waals surface area contributed by atoms with E-state index < -0.39 is 6.10 Å². The molecule has 0 heterocycles. The highest BCUT2D eigenvalue weighted by Gasteiger charge is 2.06. The van der Waals surface area contributed by atoms with Gasteiger partial charge in [-0.3, -0.25) is 9.59 Å². The maximum absolute atomic E-state index is 11.7. The van der Waals surface area contributed by atoms with E-state index >= 15 is 0 Å². The summed E-state index contributed by atoms with van der Waals surface area (Å²) in [7, 11) is 0. The molecule has 0 radical (unpaired) electrons. The average Bonchev–Trinajstić information content (AvgIpc) is 2.39. The number of nitrogens with one attached hydrogen (secondary N) is 2. The minimum absolute atomic E-state index is 0.131. The average molecular weight is 264 g/mol. The van der Waals surface area contributed by atoms with E-state index in [2.05, 4.69) is 10.6 Å². The third kappa shape index (κ3) is 6.57. The summed E-state index contributed by atoms with van der Waals surface area (Å²) in [6.07, 6.45) is 0.346. The Morgan fingerprint density at radius 2 is 1.84 bits per heavy atom. The molecule has 19 heavy (non-hydrogen) atoms. The molecule has 0 saturated heterocycles. The fourth-order valence-electron chi connectivity index (χ4n) is 1.49. The number of hydrogen-bond donors (Lipinski definition) is 3. The van der Waals surface area contributed by atoms with Gasteiger partial charge in [-0.2, -0.15) is 0 Å². The Kier molecular flexibility index (Phi) is 6.60. The number of hydrogen-bond acceptors (Lipinski definition) is 3. The molecule has 0 bridgehead atoms. The van der Waals surface area contributed by atoms with Crippen LogP contribution in [0.2, 0.25) is 0 Å². The highest BCUT2D eigenvalue weighted by molar-refractivity contribution is 5.94. The zero-order chi connectivity index (χ0) is 14.1. The molecule has 104 valence electrons. The predicted octanol–water partition coefficient (Wildman–Crippen LogP) is 0.694. The van der Waals surface area contributed by atoms with E-state index in [1.165, 1.54) is 0 Å². The Morgan fingerprint density at radius 3 is 2.47 bits per heavy atom. The first kappa shape index (κ1) is 15.2. The standard InChI is InChI=1S/C14H20N2O3/c1-11(17)7-9-15-13(18)8-10-16-14(19)12-5-3-2-4-6-12/h2-6,11,17H,7-10H2,1H3,(H,15,18)(H,16,19). The Hall–Kier alpha value is -1.88. The summed E-state index contributed by atoms with van der Waals surface area (Å²) < 4.78 is 0. The molecular formula is C14H20N2O3. The number of rotatable bonds is 7. The third-order valence-electron chi connectivity index (χ3n) is 2.56. The molecule has 1 rings (SSSR count). The Bertz CT molecular complexity index is 404. The first-order chi connectivity index (χ1) is 9.09. The maximum atomic E-state index is 11.7. The molecule has 1 atom stereocenters. The van der Waals surface area contributed by atoms with Crippen LogP contribution in [0, 0.1) is 0 Å². The predicted molar refractivity (Wildman–Crippen MR) is 72.7 cm³/mol. The SMILES string of the molecule is CC(O)CCNC(=O)CCNC(=O)c1ccccc1. The molecule has 0 aliphatic heterocycles. The summed E-state index contributed by atoms with van der Waals surface area (Å²) in [6.45, 7) is 2.42. The summed E-state index contributed by atoms with van der Waals surface area (Å²) in [5, 5.41) is 14.4. The van der Waals surface area contributed by atoms with Gasteiger partial charge in [-0.25, -0.2) is 0 Å². The van der Waals surface area contributed by atoms with Crippen molar-refractivity contribution in [2.45, 2.75) is 25.9 Å². The highest BCUT2D eigenvalue weighted by Crippen LogP contribution is 1.97. The molecule has 0 saturated carbocycles. The van der Waals surface area contributed by atoms with Gasteiger partial charge in [0.25, 0.3) is 5.91 Å². The lowest BCUT2D eigenvalue weighted by molar-refractivity contribution is -0.121. The minimum atomic E-state index is -0.418. The molecule has 0 spiro atoms. The van der Waals surface area contributed by atoms with Crippen LogP contribution in [0.4, 0.5) is 0 Å². The van der Waals surface area contributed by atoms with Crippen LogP contribution in [-0.4, -0.2) is 36.1 Å². The lowest BCUT2D eigenvalue weighted by Crippen LogP contribution is -2.31. The third-order valence-corrected chi connectivity index (χ3v) is 2.56. The van der Waals surface area contributed by atoms with Crippen molar-refractivity contribution >= 4 is 11.8 Å². The number of aliphatic hydroxyl groups excluding tert-OH is 1. The number of benzene rings is 1. The smallest absolute Gasteiger partial charge is 0.251 e. The van der Waals surface area contributed by atoms with E-state index in [-0.39, 0.29) is 18.2 Å². The van der Waals surface area contributed by atoms with E-state index in [0.717, 1.165) is 0 Å². The number of carbonyl (C=O) groups excluding carboxylic acids is 2. The first-order valence-electron chi connectivity index (χ1n) is 6.37. The van der Waals surface area contributed by atoms with E-state index in [1.807, 2.05) is 6.07 Å². The van der Waals surface area contributed by atoms with Gasteiger partial charge in [0, 0.05) is 25.1 Å². The Morgan fingerprint density at radius 1 is 1.16 bits per heavy atom. The van der Waals surface area contributed by atoms with Gasteiger partial charge in [0.15, 0.2) is 0 Å². The number of carbonyl (C=O) groups is 2. The molecule has 0 fully saturated rings. The van der Waals surface area contributed by atoms with Crippen LogP contribution in [0.15, 0.2) is 30.3 Å². The number of amides is 2. The van der Waals surface area contributed by atoms with Gasteiger partial charge in [-0.15, -0.1) is 0 Å². The lowest BCUT2D eigenvalue weighted by atomic mass is 10.2. The molecule has 5 nitrogen and oxygen atoms in total. The van der Waals surface area contributed by atoms with Gasteiger partial charge in [0.05, 0.1) is 6.10 Å². The molecule has 2 amide bonds. The largest absolute Gasteiger partial charge is 0.393 e. The van der Waals surface area contributed by atoms with Crippen LogP contribution >= 0.6 is 0 Å². The number of aliphatic hydroxyl groups is 1. The zero-order valence-electron chi connectivity index (χ0n) is 11.1. The monoisotopic (exact) mass is 264 g/mol. The molecule has 1 aromatic rings. The van der Waals surface area contributed by atoms with Crippen molar-refractivity contribution in [2.75, 3.05) is 13.1 Å². The lowest BCUT2D eigenvalue weighted by Gasteiger charge is -2.07. The van der Waals surface area contributed by atoms with Crippen molar-refractivity contribution in [1.82, 2.24) is 10.6 Å². The minimum Gasteiger partial charge on any atom is -0.393 e. The normalized spacial score (nSPS) is 11.7. The Balaban J connectivity index is 2.16. The van der Waals surface area contributed by atoms with Crippen molar-refractivity contribution in [3.63, 3.8) is 0 Å². The topological polar surface area (TPSA) is 78.4 Å². The van der Waals surface area contributed by atoms with E-state index in [1.54, 1.807) is 31.2 Å². The van der Waals surface area contributed by atoms with Gasteiger partial charge < -0.3 is 15.7 Å². The van der Waals surface area contributed by atoms with Crippen molar-refractivity contribution in [3.05, 3.63) is 35.9 Å². The zero-order valence-corrected chi connectivity index (χ0v) is 11.1. The van der Waals surface area contributed by atoms with Crippen molar-refractivity contribution in [1.29, 1.82) is 0 Å². The van der Waals surface area contributed by atoms with Gasteiger partial charge in [-0.1, -0.05) is 18.2 Å². The molecule has 1 unspecified atom stereocenters. The van der Waals surface area contributed by atoms with E-state index in [9.17, 15) is 9.59 Å². The molecule has 3 N–H and O–H groups in total. The molecular weight excluding hydrogens is 244 g/mol. The summed E-state index contributed by atoms with van der Waals surface area (Å²) in [4.78, 5) is 23.1. The fourth-order valence-corrected chi connectivity index (χ4v) is 1.49. The van der Waals surface area contributed by atoms with Crippen LogP contribution in [0.25, 0.3) is 0 Å². The molecule has 0 aliphatic rings. The van der Waals surface area contributed by atoms with Crippen LogP contribution in [0.3, 0.4) is 0 Å². The van der Waals surface area contributed by atoms with Crippen molar-refractivity contribution in [3.8, 4) is 0 Å². The summed E-state index contributed by atoms with van der Waals surface area (Å²) in [6, 6.07) is 8.86. The van der Waals surface area contributed by atoms with Gasteiger partial charge >= 0.3 is 0 Å². The first-order valence-corrected chi connectivity index (χ1v) is 6.37. The Labute approximate surface area is 113 Å². The second-order valence-electron chi connectivity index (χ2n) is 4.36. The van der Waals surface area contributed by atoms with Crippen LogP contribution < -0.4 is 10.6 Å². The maximum Gasteiger partial charge on any atom is 0.251 e. The van der Waals surface area contributed by atoms with Gasteiger partial charge in [0.1, 0.15) is 0 Å². The van der Waals surface area contributed by atoms with Crippen molar-refractivity contribution < 1.29 is 14.7 Å². The molecule has 1 aromatic carbocycles. The summed E-state index contributed by atoms with van der Waals surface area (Å²) in [5.41, 5.74) is 0.581. The summed E-state index contributed by atoms with van der Waals surface area (Å²) in [5.74, 6) is -0.314. The quantitative estimate of drug-likeness (QED) is 0.678. The van der Waals surface area contributed by atoms with Crippen molar-refractivity contribution in [2.24, 2.45) is 0 Å². The van der Waals surface area contributed by atoms with E-state index in [0.29, 0.717) is 25.1 Å². The van der Waals surface area contributed by atoms with Gasteiger partial charge in [-0.05, 0) is 25.5 Å².